The molecule has 0 aromatic carbocycles. The van der Waals surface area contributed by atoms with Gasteiger partial charge in [0.1, 0.15) is 5.60 Å². The van der Waals surface area contributed by atoms with E-state index in [9.17, 15) is 4.79 Å². The number of hydrogen-bond acceptors (Lipinski definition) is 3. The molecule has 1 N–H and O–H groups in total. The van der Waals surface area contributed by atoms with E-state index in [1.807, 2.05) is 26.8 Å². The molecule has 0 aromatic heterocycles. The van der Waals surface area contributed by atoms with Gasteiger partial charge < -0.3 is 15.0 Å². The molecule has 0 fully saturated rings. The van der Waals surface area contributed by atoms with Gasteiger partial charge in [0.2, 0.25) is 0 Å². The molecule has 0 saturated carbocycles. The Morgan fingerprint density at radius 3 is 2.63 bits per heavy atom. The molecule has 1 amide bonds. The molecule has 0 rings (SSSR count). The topological polar surface area (TPSA) is 41.6 Å². The Labute approximate surface area is 118 Å². The Kier molecular flexibility index (Phi) is 8.48. The fraction of sp³-hybridized carbons (Fsp3) is 0.800. The van der Waals surface area contributed by atoms with Crippen LogP contribution in [0.2, 0.25) is 0 Å². The third-order valence-corrected chi connectivity index (χ3v) is 2.67. The monoisotopic (exact) mass is 270 g/mol. The van der Waals surface area contributed by atoms with Crippen molar-refractivity contribution in [2.45, 2.75) is 58.6 Å². The number of rotatable bonds is 8. The summed E-state index contributed by atoms with van der Waals surface area (Å²) in [4.78, 5) is 13.3. The summed E-state index contributed by atoms with van der Waals surface area (Å²) < 4.78 is 5.29. The minimum Gasteiger partial charge on any atom is -0.444 e. The van der Waals surface area contributed by atoms with Crippen molar-refractivity contribution < 1.29 is 9.53 Å². The van der Waals surface area contributed by atoms with Crippen molar-refractivity contribution in [1.29, 1.82) is 0 Å². The highest BCUT2D eigenvalue weighted by molar-refractivity contribution is 5.67. The standard InChI is InChI=1S/C15H30N2O2/c1-7-8-10-13(2)16-11-9-12-17(6)14(18)19-15(3,4)5/h7,13,16H,1,8-12H2,2-6H3. The van der Waals surface area contributed by atoms with Gasteiger partial charge >= 0.3 is 6.09 Å². The van der Waals surface area contributed by atoms with E-state index in [0.29, 0.717) is 12.6 Å². The second-order valence-electron chi connectivity index (χ2n) is 5.98. The Bertz CT molecular complexity index is 272. The van der Waals surface area contributed by atoms with Crippen LogP contribution in [-0.2, 0) is 4.74 Å². The molecule has 0 radical (unpaired) electrons. The van der Waals surface area contributed by atoms with Crippen LogP contribution in [-0.4, -0.2) is 42.8 Å². The van der Waals surface area contributed by atoms with Crippen molar-refractivity contribution in [2.75, 3.05) is 20.1 Å². The van der Waals surface area contributed by atoms with E-state index in [4.69, 9.17) is 4.74 Å². The van der Waals surface area contributed by atoms with E-state index in [1.54, 1.807) is 11.9 Å². The average Bonchev–Trinajstić information content (AvgIpc) is 2.29. The predicted molar refractivity (Wildman–Crippen MR) is 80.4 cm³/mol. The van der Waals surface area contributed by atoms with Gasteiger partial charge in [-0.3, -0.25) is 0 Å². The zero-order valence-electron chi connectivity index (χ0n) is 13.2. The van der Waals surface area contributed by atoms with Crippen LogP contribution in [0.25, 0.3) is 0 Å². The van der Waals surface area contributed by atoms with Crippen LogP contribution < -0.4 is 5.32 Å². The van der Waals surface area contributed by atoms with E-state index in [-0.39, 0.29) is 6.09 Å². The van der Waals surface area contributed by atoms with E-state index in [1.165, 1.54) is 0 Å². The lowest BCUT2D eigenvalue weighted by atomic mass is 10.2. The lowest BCUT2D eigenvalue weighted by Gasteiger charge is -2.24. The van der Waals surface area contributed by atoms with Crippen molar-refractivity contribution in [3.05, 3.63) is 12.7 Å². The summed E-state index contributed by atoms with van der Waals surface area (Å²) in [5, 5.41) is 3.43. The third kappa shape index (κ3) is 10.6. The van der Waals surface area contributed by atoms with Gasteiger partial charge in [-0.1, -0.05) is 6.08 Å². The maximum Gasteiger partial charge on any atom is 0.410 e. The summed E-state index contributed by atoms with van der Waals surface area (Å²) in [6.45, 7) is 13.1. The van der Waals surface area contributed by atoms with Crippen molar-refractivity contribution in [1.82, 2.24) is 10.2 Å². The Hall–Kier alpha value is -1.03. The molecule has 1 atom stereocenters. The minimum absolute atomic E-state index is 0.257. The van der Waals surface area contributed by atoms with Crippen LogP contribution in [0.3, 0.4) is 0 Å². The molecule has 1 unspecified atom stereocenters. The molecular weight excluding hydrogens is 240 g/mol. The first kappa shape index (κ1) is 18.0. The summed E-state index contributed by atoms with van der Waals surface area (Å²) in [7, 11) is 1.77. The van der Waals surface area contributed by atoms with Gasteiger partial charge in [-0.25, -0.2) is 4.79 Å². The molecule has 112 valence electrons. The first-order valence-electron chi connectivity index (χ1n) is 7.04. The Morgan fingerprint density at radius 2 is 2.11 bits per heavy atom. The van der Waals surface area contributed by atoms with Crippen molar-refractivity contribution >= 4 is 6.09 Å². The molecule has 0 aliphatic carbocycles. The normalized spacial score (nSPS) is 12.9. The Morgan fingerprint density at radius 1 is 1.47 bits per heavy atom. The van der Waals surface area contributed by atoms with Gasteiger partial charge in [0, 0.05) is 19.6 Å². The summed E-state index contributed by atoms with van der Waals surface area (Å²) in [6, 6.07) is 0.491. The SMILES string of the molecule is C=CCCC(C)NCCCN(C)C(=O)OC(C)(C)C. The zero-order chi connectivity index (χ0) is 14.9. The molecular formula is C15H30N2O2. The molecule has 0 saturated heterocycles. The van der Waals surface area contributed by atoms with Crippen molar-refractivity contribution in [3.8, 4) is 0 Å². The van der Waals surface area contributed by atoms with Crippen molar-refractivity contribution in [3.63, 3.8) is 0 Å². The fourth-order valence-electron chi connectivity index (χ4n) is 1.57. The Balaban J connectivity index is 3.71. The molecule has 0 heterocycles. The second kappa shape index (κ2) is 8.97. The van der Waals surface area contributed by atoms with Gasteiger partial charge in [-0.15, -0.1) is 6.58 Å². The molecule has 0 aliphatic rings. The van der Waals surface area contributed by atoms with Gasteiger partial charge in [-0.2, -0.15) is 0 Å². The summed E-state index contributed by atoms with van der Waals surface area (Å²) in [5.41, 5.74) is -0.428. The van der Waals surface area contributed by atoms with Crippen LogP contribution in [0, 0.1) is 0 Å². The van der Waals surface area contributed by atoms with Gasteiger partial charge in [0.05, 0.1) is 0 Å². The molecule has 0 bridgehead atoms. The summed E-state index contributed by atoms with van der Waals surface area (Å²) in [6.07, 6.45) is 4.74. The highest BCUT2D eigenvalue weighted by Gasteiger charge is 2.18. The van der Waals surface area contributed by atoms with Crippen LogP contribution in [0.15, 0.2) is 12.7 Å². The second-order valence-corrected chi connectivity index (χ2v) is 5.98. The average molecular weight is 270 g/mol. The van der Waals surface area contributed by atoms with Crippen LogP contribution in [0.4, 0.5) is 4.79 Å². The first-order valence-corrected chi connectivity index (χ1v) is 7.04. The molecule has 0 spiro atoms. The quantitative estimate of drug-likeness (QED) is 0.544. The number of nitrogens with one attached hydrogen (secondary N) is 1. The van der Waals surface area contributed by atoms with Gasteiger partial charge in [0.15, 0.2) is 0 Å². The van der Waals surface area contributed by atoms with Gasteiger partial charge in [0.25, 0.3) is 0 Å². The number of allylic oxidation sites excluding steroid dienone is 1. The smallest absolute Gasteiger partial charge is 0.410 e. The van der Waals surface area contributed by atoms with Gasteiger partial charge in [-0.05, 0) is 53.5 Å². The first-order chi connectivity index (χ1) is 8.76. The number of ether oxygens (including phenoxy) is 1. The van der Waals surface area contributed by atoms with E-state index in [2.05, 4.69) is 18.8 Å². The number of nitrogens with zero attached hydrogens (tertiary/aromatic N) is 1. The number of hydrogen-bond donors (Lipinski definition) is 1. The van der Waals surface area contributed by atoms with Crippen LogP contribution >= 0.6 is 0 Å². The molecule has 19 heavy (non-hydrogen) atoms. The largest absolute Gasteiger partial charge is 0.444 e. The zero-order valence-corrected chi connectivity index (χ0v) is 13.2. The minimum atomic E-state index is -0.428. The maximum absolute atomic E-state index is 11.7. The van der Waals surface area contributed by atoms with Crippen molar-refractivity contribution in [2.24, 2.45) is 0 Å². The molecule has 4 nitrogen and oxygen atoms in total. The molecule has 4 heteroatoms. The van der Waals surface area contributed by atoms with Crippen LogP contribution in [0.5, 0.6) is 0 Å². The van der Waals surface area contributed by atoms with E-state index < -0.39 is 5.60 Å². The molecule has 0 aliphatic heterocycles. The number of carbonyl (C=O) groups is 1. The number of amides is 1. The highest BCUT2D eigenvalue weighted by atomic mass is 16.6. The van der Waals surface area contributed by atoms with Crippen LogP contribution in [0.1, 0.15) is 47.0 Å². The van der Waals surface area contributed by atoms with E-state index in [0.717, 1.165) is 25.8 Å². The number of carbonyl (C=O) groups excluding carboxylic acids is 1. The molecule has 0 aromatic rings. The fourth-order valence-corrected chi connectivity index (χ4v) is 1.57. The predicted octanol–water partition coefficient (Wildman–Crippen LogP) is 3.19. The lowest BCUT2D eigenvalue weighted by Crippen LogP contribution is -2.36. The third-order valence-electron chi connectivity index (χ3n) is 2.67. The maximum atomic E-state index is 11.7. The highest BCUT2D eigenvalue weighted by Crippen LogP contribution is 2.09. The lowest BCUT2D eigenvalue weighted by molar-refractivity contribution is 0.0297. The summed E-state index contributed by atoms with van der Waals surface area (Å²) in [5.74, 6) is 0. The summed E-state index contributed by atoms with van der Waals surface area (Å²) >= 11 is 0. The van der Waals surface area contributed by atoms with E-state index >= 15 is 0 Å².